The molecule has 0 atom stereocenters. The standard InChI is InChI=1S/C12H11NO2/c1-15-12-5-3-2-4-11(12)10-6-8-13(14)9-7-10/h2-9H,1H3. The Hall–Kier alpha value is -2.03. The second-order valence-corrected chi connectivity index (χ2v) is 3.15. The van der Waals surface area contributed by atoms with Gasteiger partial charge in [-0.15, -0.1) is 0 Å². The summed E-state index contributed by atoms with van der Waals surface area (Å²) in [5.74, 6) is 0.807. The van der Waals surface area contributed by atoms with Gasteiger partial charge in [-0.25, -0.2) is 0 Å². The van der Waals surface area contributed by atoms with Crippen LogP contribution in [0, 0.1) is 5.21 Å². The Bertz CT molecular complexity index is 451. The van der Waals surface area contributed by atoms with Gasteiger partial charge in [0.1, 0.15) is 5.75 Å². The highest BCUT2D eigenvalue weighted by Gasteiger charge is 2.04. The Labute approximate surface area is 88.1 Å². The molecule has 15 heavy (non-hydrogen) atoms. The van der Waals surface area contributed by atoms with Gasteiger partial charge in [-0.2, -0.15) is 4.73 Å². The van der Waals surface area contributed by atoms with Crippen molar-refractivity contribution >= 4 is 0 Å². The molecule has 0 amide bonds. The van der Waals surface area contributed by atoms with Crippen molar-refractivity contribution in [2.45, 2.75) is 0 Å². The first-order valence-electron chi connectivity index (χ1n) is 4.63. The van der Waals surface area contributed by atoms with Gasteiger partial charge in [-0.05, 0) is 11.6 Å². The highest BCUT2D eigenvalue weighted by molar-refractivity contribution is 5.69. The van der Waals surface area contributed by atoms with E-state index >= 15 is 0 Å². The highest BCUT2D eigenvalue weighted by atomic mass is 16.5. The van der Waals surface area contributed by atoms with Gasteiger partial charge >= 0.3 is 0 Å². The van der Waals surface area contributed by atoms with Gasteiger partial charge in [0.15, 0.2) is 12.4 Å². The fourth-order valence-corrected chi connectivity index (χ4v) is 1.48. The number of hydrogen-bond donors (Lipinski definition) is 0. The number of methoxy groups -OCH3 is 1. The molecule has 0 aliphatic heterocycles. The molecular formula is C12H11NO2. The molecule has 0 saturated heterocycles. The first-order chi connectivity index (χ1) is 7.31. The SMILES string of the molecule is COc1ccccc1-c1cc[n+]([O-])cc1. The van der Waals surface area contributed by atoms with Crippen molar-refractivity contribution in [2.24, 2.45) is 0 Å². The third-order valence-corrected chi connectivity index (χ3v) is 2.22. The molecule has 0 fully saturated rings. The third kappa shape index (κ3) is 1.91. The second kappa shape index (κ2) is 4.00. The van der Waals surface area contributed by atoms with Crippen LogP contribution in [0.4, 0.5) is 0 Å². The molecule has 76 valence electrons. The zero-order chi connectivity index (χ0) is 10.7. The van der Waals surface area contributed by atoms with E-state index in [-0.39, 0.29) is 0 Å². The average molecular weight is 201 g/mol. The lowest BCUT2D eigenvalue weighted by atomic mass is 10.1. The molecule has 0 aliphatic carbocycles. The molecular weight excluding hydrogens is 190 g/mol. The number of benzene rings is 1. The summed E-state index contributed by atoms with van der Waals surface area (Å²) in [5.41, 5.74) is 1.96. The molecule has 1 aromatic heterocycles. The van der Waals surface area contributed by atoms with Crippen LogP contribution in [-0.4, -0.2) is 7.11 Å². The quantitative estimate of drug-likeness (QED) is 0.550. The van der Waals surface area contributed by atoms with Crippen LogP contribution >= 0.6 is 0 Å². The average Bonchev–Trinajstić information content (AvgIpc) is 2.30. The molecule has 2 rings (SSSR count). The van der Waals surface area contributed by atoms with E-state index in [9.17, 15) is 5.21 Å². The maximum atomic E-state index is 10.9. The molecule has 2 aromatic rings. The fraction of sp³-hybridized carbons (Fsp3) is 0.0833. The minimum Gasteiger partial charge on any atom is -0.619 e. The maximum Gasteiger partial charge on any atom is 0.180 e. The summed E-state index contributed by atoms with van der Waals surface area (Å²) in [5, 5.41) is 10.9. The van der Waals surface area contributed by atoms with E-state index in [2.05, 4.69) is 0 Å². The number of aromatic nitrogens is 1. The molecule has 0 radical (unpaired) electrons. The number of rotatable bonds is 2. The van der Waals surface area contributed by atoms with E-state index in [1.54, 1.807) is 19.2 Å². The Morgan fingerprint density at radius 1 is 1.07 bits per heavy atom. The van der Waals surface area contributed by atoms with E-state index in [1.165, 1.54) is 12.4 Å². The zero-order valence-corrected chi connectivity index (χ0v) is 8.38. The molecule has 0 unspecified atom stereocenters. The van der Waals surface area contributed by atoms with Gasteiger partial charge in [-0.1, -0.05) is 18.2 Å². The second-order valence-electron chi connectivity index (χ2n) is 3.15. The third-order valence-electron chi connectivity index (χ3n) is 2.22. The van der Waals surface area contributed by atoms with Crippen LogP contribution in [0.2, 0.25) is 0 Å². The molecule has 0 spiro atoms. The van der Waals surface area contributed by atoms with Gasteiger partial charge in [0.05, 0.1) is 7.11 Å². The summed E-state index contributed by atoms with van der Waals surface area (Å²) < 4.78 is 6.01. The number of ether oxygens (including phenoxy) is 1. The minimum absolute atomic E-state index is 0.763. The molecule has 1 heterocycles. The monoisotopic (exact) mass is 201 g/mol. The lowest BCUT2D eigenvalue weighted by molar-refractivity contribution is -0.605. The molecule has 0 N–H and O–H groups in total. The summed E-state index contributed by atoms with van der Waals surface area (Å²) in [7, 11) is 1.63. The first kappa shape index (κ1) is 9.52. The van der Waals surface area contributed by atoms with Crippen molar-refractivity contribution < 1.29 is 9.47 Å². The van der Waals surface area contributed by atoms with Gasteiger partial charge < -0.3 is 9.94 Å². The normalized spacial score (nSPS) is 9.93. The van der Waals surface area contributed by atoms with Crippen LogP contribution in [0.5, 0.6) is 5.75 Å². The van der Waals surface area contributed by atoms with Gasteiger partial charge in [0.2, 0.25) is 0 Å². The summed E-state index contributed by atoms with van der Waals surface area (Å²) >= 11 is 0. The number of nitrogens with zero attached hydrogens (tertiary/aromatic N) is 1. The van der Waals surface area contributed by atoms with E-state index < -0.39 is 0 Å². The summed E-state index contributed by atoms with van der Waals surface area (Å²) in [6.07, 6.45) is 2.95. The molecule has 3 heteroatoms. The molecule has 0 saturated carbocycles. The Balaban J connectivity index is 2.49. The molecule has 1 aromatic carbocycles. The molecule has 3 nitrogen and oxygen atoms in total. The van der Waals surface area contributed by atoms with Crippen LogP contribution in [0.25, 0.3) is 11.1 Å². The smallest absolute Gasteiger partial charge is 0.180 e. The van der Waals surface area contributed by atoms with E-state index in [4.69, 9.17) is 4.74 Å². The van der Waals surface area contributed by atoms with Crippen LogP contribution < -0.4 is 9.47 Å². The van der Waals surface area contributed by atoms with Crippen molar-refractivity contribution in [1.29, 1.82) is 0 Å². The maximum absolute atomic E-state index is 10.9. The predicted octanol–water partition coefficient (Wildman–Crippen LogP) is 2.00. The summed E-state index contributed by atoms with van der Waals surface area (Å²) in [6, 6.07) is 11.3. The molecule has 0 bridgehead atoms. The van der Waals surface area contributed by atoms with Crippen LogP contribution in [-0.2, 0) is 0 Å². The van der Waals surface area contributed by atoms with Crippen LogP contribution in [0.15, 0.2) is 48.8 Å². The largest absolute Gasteiger partial charge is 0.619 e. The Kier molecular flexibility index (Phi) is 2.54. The highest BCUT2D eigenvalue weighted by Crippen LogP contribution is 2.28. The minimum atomic E-state index is 0.763. The van der Waals surface area contributed by atoms with Crippen molar-refractivity contribution in [2.75, 3.05) is 7.11 Å². The topological polar surface area (TPSA) is 36.2 Å². The number of para-hydroxylation sites is 1. The molecule has 0 aliphatic rings. The van der Waals surface area contributed by atoms with Crippen molar-refractivity contribution in [3.8, 4) is 16.9 Å². The summed E-state index contributed by atoms with van der Waals surface area (Å²) in [6.45, 7) is 0. The van der Waals surface area contributed by atoms with E-state index in [1.807, 2.05) is 24.3 Å². The predicted molar refractivity (Wildman–Crippen MR) is 57.4 cm³/mol. The summed E-state index contributed by atoms with van der Waals surface area (Å²) in [4.78, 5) is 0. The van der Waals surface area contributed by atoms with Gasteiger partial charge in [0.25, 0.3) is 0 Å². The van der Waals surface area contributed by atoms with Gasteiger partial charge in [0, 0.05) is 17.7 Å². The van der Waals surface area contributed by atoms with Crippen molar-refractivity contribution in [1.82, 2.24) is 0 Å². The Morgan fingerprint density at radius 3 is 2.40 bits per heavy atom. The Morgan fingerprint density at radius 2 is 1.73 bits per heavy atom. The first-order valence-corrected chi connectivity index (χ1v) is 4.63. The zero-order valence-electron chi connectivity index (χ0n) is 8.38. The van der Waals surface area contributed by atoms with Crippen LogP contribution in [0.3, 0.4) is 0 Å². The lowest BCUT2D eigenvalue weighted by Gasteiger charge is -2.07. The van der Waals surface area contributed by atoms with Crippen LogP contribution in [0.1, 0.15) is 0 Å². The lowest BCUT2D eigenvalue weighted by Crippen LogP contribution is -2.23. The van der Waals surface area contributed by atoms with Gasteiger partial charge in [-0.3, -0.25) is 0 Å². The number of pyridine rings is 1. The number of hydrogen-bond acceptors (Lipinski definition) is 2. The fourth-order valence-electron chi connectivity index (χ4n) is 1.48. The van der Waals surface area contributed by atoms with E-state index in [0.717, 1.165) is 21.6 Å². The van der Waals surface area contributed by atoms with E-state index in [0.29, 0.717) is 0 Å². The van der Waals surface area contributed by atoms with Crippen molar-refractivity contribution in [3.05, 3.63) is 54.0 Å². The van der Waals surface area contributed by atoms with Crippen molar-refractivity contribution in [3.63, 3.8) is 0 Å².